The smallest absolute Gasteiger partial charge is 0.469 e. The molecule has 0 bridgehead atoms. The minimum absolute atomic E-state index is 0.115. The molecule has 0 unspecified atom stereocenters. The van der Waals surface area contributed by atoms with Gasteiger partial charge in [0.05, 0.1) is 19.2 Å². The highest BCUT2D eigenvalue weighted by atomic mass is 79.9. The predicted octanol–water partition coefficient (Wildman–Crippen LogP) is 2.73. The molecule has 0 spiro atoms. The molecule has 0 aromatic carbocycles. The Kier molecular flexibility index (Phi) is 5.10. The summed E-state index contributed by atoms with van der Waals surface area (Å²) < 4.78 is 57.8. The van der Waals surface area contributed by atoms with Gasteiger partial charge in [0.2, 0.25) is 0 Å². The molecule has 1 aromatic heterocycles. The summed E-state index contributed by atoms with van der Waals surface area (Å²) in [5.74, 6) is -3.38. The number of hydrogen-bond acceptors (Lipinski definition) is 4. The monoisotopic (exact) mass is 345 g/mol. The van der Waals surface area contributed by atoms with Gasteiger partial charge in [-0.2, -0.15) is 4.39 Å². The number of aromatic nitrogens is 1. The second kappa shape index (κ2) is 6.18. The first-order valence-electron chi connectivity index (χ1n) is 4.83. The maximum Gasteiger partial charge on any atom is 0.573 e. The van der Waals surface area contributed by atoms with E-state index in [1.165, 1.54) is 0 Å². The van der Waals surface area contributed by atoms with Crippen molar-refractivity contribution in [1.29, 1.82) is 0 Å². The van der Waals surface area contributed by atoms with Crippen molar-refractivity contribution in [2.75, 3.05) is 7.11 Å². The van der Waals surface area contributed by atoms with E-state index in [2.05, 4.69) is 30.4 Å². The van der Waals surface area contributed by atoms with Crippen molar-refractivity contribution in [3.8, 4) is 5.75 Å². The van der Waals surface area contributed by atoms with Crippen molar-refractivity contribution in [2.24, 2.45) is 0 Å². The predicted molar refractivity (Wildman–Crippen MR) is 59.2 cm³/mol. The molecule has 1 heterocycles. The van der Waals surface area contributed by atoms with E-state index in [9.17, 15) is 22.4 Å². The van der Waals surface area contributed by atoms with Gasteiger partial charge in [0.1, 0.15) is 0 Å². The molecule has 0 atom stereocenters. The number of nitrogens with zero attached hydrogens (tertiary/aromatic N) is 1. The SMILES string of the molecule is COC(=O)Cc1cc(CBr)nc(F)c1OC(F)(F)F. The minimum Gasteiger partial charge on any atom is -0.469 e. The molecule has 1 aromatic rings. The Bertz CT molecular complexity index is 479. The van der Waals surface area contributed by atoms with Gasteiger partial charge in [0.25, 0.3) is 5.95 Å². The first kappa shape index (κ1) is 15.7. The summed E-state index contributed by atoms with van der Waals surface area (Å²) >= 11 is 2.99. The highest BCUT2D eigenvalue weighted by molar-refractivity contribution is 9.08. The van der Waals surface area contributed by atoms with E-state index in [1.54, 1.807) is 0 Å². The largest absolute Gasteiger partial charge is 0.573 e. The van der Waals surface area contributed by atoms with E-state index >= 15 is 0 Å². The molecule has 0 aliphatic rings. The number of hydrogen-bond donors (Lipinski definition) is 0. The Morgan fingerprint density at radius 3 is 2.58 bits per heavy atom. The van der Waals surface area contributed by atoms with Gasteiger partial charge >= 0.3 is 12.3 Å². The second-order valence-electron chi connectivity index (χ2n) is 3.33. The Balaban J connectivity index is 3.21. The fourth-order valence-corrected chi connectivity index (χ4v) is 1.55. The van der Waals surface area contributed by atoms with E-state index < -0.39 is 30.4 Å². The lowest BCUT2D eigenvalue weighted by Gasteiger charge is -2.14. The van der Waals surface area contributed by atoms with E-state index in [4.69, 9.17) is 0 Å². The summed E-state index contributed by atoms with van der Waals surface area (Å²) in [6, 6.07) is 1.13. The van der Waals surface area contributed by atoms with Gasteiger partial charge in [0, 0.05) is 10.9 Å². The molecule has 0 saturated heterocycles. The zero-order valence-electron chi connectivity index (χ0n) is 9.55. The zero-order chi connectivity index (χ0) is 14.6. The first-order valence-corrected chi connectivity index (χ1v) is 5.95. The van der Waals surface area contributed by atoms with Crippen LogP contribution in [0.25, 0.3) is 0 Å². The van der Waals surface area contributed by atoms with Crippen LogP contribution < -0.4 is 4.74 Å². The van der Waals surface area contributed by atoms with E-state index in [0.29, 0.717) is 0 Å². The Labute approximate surface area is 113 Å². The van der Waals surface area contributed by atoms with Crippen LogP contribution in [0.1, 0.15) is 11.3 Å². The van der Waals surface area contributed by atoms with Crippen molar-refractivity contribution >= 4 is 21.9 Å². The normalized spacial score (nSPS) is 11.3. The van der Waals surface area contributed by atoms with Crippen LogP contribution in [0, 0.1) is 5.95 Å². The molecule has 0 amide bonds. The Hall–Kier alpha value is -1.38. The van der Waals surface area contributed by atoms with Gasteiger partial charge in [-0.15, -0.1) is 13.2 Å². The maximum absolute atomic E-state index is 13.5. The minimum atomic E-state index is -5.08. The first-order chi connectivity index (χ1) is 8.76. The highest BCUT2D eigenvalue weighted by Crippen LogP contribution is 2.30. The van der Waals surface area contributed by atoms with Crippen LogP contribution in [0.2, 0.25) is 0 Å². The molecule has 0 N–H and O–H groups in total. The zero-order valence-corrected chi connectivity index (χ0v) is 11.1. The van der Waals surface area contributed by atoms with E-state index in [1.807, 2.05) is 0 Å². The van der Waals surface area contributed by atoms with Crippen LogP contribution in [-0.4, -0.2) is 24.4 Å². The summed E-state index contributed by atoms with van der Waals surface area (Å²) in [6.07, 6.45) is -5.63. The quantitative estimate of drug-likeness (QED) is 0.364. The van der Waals surface area contributed by atoms with Crippen molar-refractivity contribution in [1.82, 2.24) is 4.98 Å². The van der Waals surface area contributed by atoms with Gasteiger partial charge in [0.15, 0.2) is 5.75 Å². The molecule has 0 radical (unpaired) electrons. The fourth-order valence-electron chi connectivity index (χ4n) is 1.26. The number of carbonyl (C=O) groups excluding carboxylic acids is 1. The third-order valence-electron chi connectivity index (χ3n) is 1.98. The van der Waals surface area contributed by atoms with Crippen LogP contribution in [-0.2, 0) is 21.3 Å². The van der Waals surface area contributed by atoms with Gasteiger partial charge in [-0.3, -0.25) is 4.79 Å². The van der Waals surface area contributed by atoms with E-state index in [-0.39, 0.29) is 16.6 Å². The molecular formula is C10H8BrF4NO3. The van der Waals surface area contributed by atoms with Gasteiger partial charge < -0.3 is 9.47 Å². The molecule has 106 valence electrons. The number of halogens is 5. The van der Waals surface area contributed by atoms with Crippen molar-refractivity contribution in [3.63, 3.8) is 0 Å². The molecule has 19 heavy (non-hydrogen) atoms. The Morgan fingerprint density at radius 2 is 2.11 bits per heavy atom. The number of alkyl halides is 4. The number of pyridine rings is 1. The summed E-state index contributed by atoms with van der Waals surface area (Å²) in [7, 11) is 1.07. The molecule has 0 aliphatic heterocycles. The summed E-state index contributed by atoms with van der Waals surface area (Å²) in [5, 5.41) is 0.115. The van der Waals surface area contributed by atoms with Crippen LogP contribution >= 0.6 is 15.9 Å². The van der Waals surface area contributed by atoms with Crippen molar-refractivity contribution < 1.29 is 31.8 Å². The number of rotatable bonds is 4. The maximum atomic E-state index is 13.5. The molecule has 4 nitrogen and oxygen atoms in total. The lowest BCUT2D eigenvalue weighted by molar-refractivity contribution is -0.276. The number of ether oxygens (including phenoxy) is 2. The number of methoxy groups -OCH3 is 1. The van der Waals surface area contributed by atoms with Crippen LogP contribution in [0.15, 0.2) is 6.07 Å². The average molecular weight is 346 g/mol. The fraction of sp³-hybridized carbons (Fsp3) is 0.400. The number of carbonyl (C=O) groups is 1. The highest BCUT2D eigenvalue weighted by Gasteiger charge is 2.34. The molecule has 0 saturated carbocycles. The molecular weight excluding hydrogens is 338 g/mol. The topological polar surface area (TPSA) is 48.4 Å². The third-order valence-corrected chi connectivity index (χ3v) is 2.55. The lowest BCUT2D eigenvalue weighted by Crippen LogP contribution is -2.20. The van der Waals surface area contributed by atoms with E-state index in [0.717, 1.165) is 13.2 Å². The molecule has 1 rings (SSSR count). The molecule has 0 aliphatic carbocycles. The summed E-state index contributed by atoms with van der Waals surface area (Å²) in [6.45, 7) is 0. The second-order valence-corrected chi connectivity index (χ2v) is 3.89. The lowest BCUT2D eigenvalue weighted by atomic mass is 10.1. The van der Waals surface area contributed by atoms with Crippen molar-refractivity contribution in [2.45, 2.75) is 18.1 Å². The van der Waals surface area contributed by atoms with Crippen LogP contribution in [0.3, 0.4) is 0 Å². The van der Waals surface area contributed by atoms with Crippen molar-refractivity contribution in [3.05, 3.63) is 23.3 Å². The van der Waals surface area contributed by atoms with Crippen LogP contribution in [0.4, 0.5) is 17.6 Å². The average Bonchev–Trinajstić information content (AvgIpc) is 2.31. The Morgan fingerprint density at radius 1 is 1.47 bits per heavy atom. The standard InChI is InChI=1S/C10H8BrF4NO3/c1-18-7(17)3-5-2-6(4-11)16-9(12)8(5)19-10(13,14)15/h2H,3-4H2,1H3. The third kappa shape index (κ3) is 4.66. The molecule has 9 heteroatoms. The number of esters is 1. The summed E-state index contributed by atoms with van der Waals surface area (Å²) in [4.78, 5) is 14.4. The van der Waals surface area contributed by atoms with Crippen LogP contribution in [0.5, 0.6) is 5.75 Å². The van der Waals surface area contributed by atoms with Gasteiger partial charge in [-0.1, -0.05) is 15.9 Å². The summed E-state index contributed by atoms with van der Waals surface area (Å²) in [5.41, 5.74) is -0.156. The van der Waals surface area contributed by atoms with Gasteiger partial charge in [-0.25, -0.2) is 4.98 Å². The van der Waals surface area contributed by atoms with Gasteiger partial charge in [-0.05, 0) is 6.07 Å². The molecule has 0 fully saturated rings.